The number of hydrogen-bond donors (Lipinski definition) is 1. The lowest BCUT2D eigenvalue weighted by molar-refractivity contribution is 0.102. The van der Waals surface area contributed by atoms with Crippen LogP contribution in [0.5, 0.6) is 0 Å². The van der Waals surface area contributed by atoms with E-state index in [4.69, 9.17) is 4.52 Å². The third-order valence-electron chi connectivity index (χ3n) is 3.94. The van der Waals surface area contributed by atoms with E-state index in [-0.39, 0.29) is 34.2 Å². The number of carbonyl (C=O) groups is 1. The molecule has 1 fully saturated rings. The minimum atomic E-state index is -3.75. The van der Waals surface area contributed by atoms with Gasteiger partial charge in [-0.1, -0.05) is 5.16 Å². The van der Waals surface area contributed by atoms with Gasteiger partial charge in [-0.25, -0.2) is 16.8 Å². The van der Waals surface area contributed by atoms with Crippen LogP contribution in [-0.4, -0.2) is 44.7 Å². The highest BCUT2D eigenvalue weighted by atomic mass is 32.2. The molecule has 2 aromatic rings. The van der Waals surface area contributed by atoms with Crippen LogP contribution >= 0.6 is 0 Å². The van der Waals surface area contributed by atoms with Crippen LogP contribution in [0.1, 0.15) is 22.5 Å². The van der Waals surface area contributed by atoms with Crippen LogP contribution in [0.4, 0.5) is 5.82 Å². The molecule has 1 aromatic carbocycles. The lowest BCUT2D eigenvalue weighted by Gasteiger charge is -2.10. The van der Waals surface area contributed by atoms with Gasteiger partial charge in [0.15, 0.2) is 25.5 Å². The van der Waals surface area contributed by atoms with Gasteiger partial charge in [0.2, 0.25) is 0 Å². The first-order valence-electron chi connectivity index (χ1n) is 7.46. The Morgan fingerprint density at radius 3 is 2.48 bits per heavy atom. The highest BCUT2D eigenvalue weighted by Gasteiger charge is 2.37. The molecule has 1 aromatic heterocycles. The van der Waals surface area contributed by atoms with Crippen molar-refractivity contribution in [3.63, 3.8) is 0 Å². The standard InChI is InChI=1S/C15H16N2O6S2/c1-10-8-14(17-23-10)16-15(18)11-2-4-12(5-3-11)25(21,22)13-6-7-24(19,20)9-13/h2-5,8,13H,6-7,9H2,1H3,(H,16,17,18). The van der Waals surface area contributed by atoms with Gasteiger partial charge >= 0.3 is 0 Å². The summed E-state index contributed by atoms with van der Waals surface area (Å²) in [6, 6.07) is 6.92. The summed E-state index contributed by atoms with van der Waals surface area (Å²) in [4.78, 5) is 12.1. The van der Waals surface area contributed by atoms with Crippen molar-refractivity contribution in [3.8, 4) is 0 Å². The van der Waals surface area contributed by atoms with Crippen LogP contribution in [0.25, 0.3) is 0 Å². The molecule has 1 saturated heterocycles. The zero-order valence-corrected chi connectivity index (χ0v) is 14.9. The Balaban J connectivity index is 1.76. The maximum atomic E-state index is 12.5. The van der Waals surface area contributed by atoms with Crippen LogP contribution < -0.4 is 5.32 Å². The Hall–Kier alpha value is -2.20. The predicted molar refractivity (Wildman–Crippen MR) is 89.9 cm³/mol. The molecular weight excluding hydrogens is 368 g/mol. The van der Waals surface area contributed by atoms with Crippen molar-refractivity contribution >= 4 is 31.4 Å². The molecule has 0 aliphatic carbocycles. The fraction of sp³-hybridized carbons (Fsp3) is 0.333. The molecule has 1 N–H and O–H groups in total. The molecule has 2 heterocycles. The summed E-state index contributed by atoms with van der Waals surface area (Å²) in [7, 11) is -7.05. The van der Waals surface area contributed by atoms with Gasteiger partial charge in [-0.2, -0.15) is 0 Å². The maximum Gasteiger partial charge on any atom is 0.256 e. The van der Waals surface area contributed by atoms with Gasteiger partial charge < -0.3 is 9.84 Å². The number of aromatic nitrogens is 1. The topological polar surface area (TPSA) is 123 Å². The van der Waals surface area contributed by atoms with E-state index in [1.807, 2.05) is 0 Å². The Morgan fingerprint density at radius 1 is 1.28 bits per heavy atom. The van der Waals surface area contributed by atoms with Crippen molar-refractivity contribution in [1.29, 1.82) is 0 Å². The van der Waals surface area contributed by atoms with Crippen molar-refractivity contribution in [2.45, 2.75) is 23.5 Å². The molecular formula is C15H16N2O6S2. The molecule has 3 rings (SSSR count). The molecule has 1 amide bonds. The first-order valence-corrected chi connectivity index (χ1v) is 10.8. The number of sulfone groups is 2. The highest BCUT2D eigenvalue weighted by Crippen LogP contribution is 2.25. The SMILES string of the molecule is Cc1cc(NC(=O)c2ccc(S(=O)(=O)C3CCS(=O)(=O)C3)cc2)no1. The van der Waals surface area contributed by atoms with E-state index in [2.05, 4.69) is 10.5 Å². The zero-order chi connectivity index (χ0) is 18.2. The van der Waals surface area contributed by atoms with E-state index < -0.39 is 30.8 Å². The molecule has 0 spiro atoms. The number of carbonyl (C=O) groups excluding carboxylic acids is 1. The molecule has 1 aliphatic rings. The largest absolute Gasteiger partial charge is 0.360 e. The second kappa shape index (κ2) is 6.26. The fourth-order valence-corrected chi connectivity index (χ4v) is 6.97. The van der Waals surface area contributed by atoms with Crippen molar-refractivity contribution < 1.29 is 26.2 Å². The van der Waals surface area contributed by atoms with Gasteiger partial charge in [-0.15, -0.1) is 0 Å². The summed E-state index contributed by atoms with van der Waals surface area (Å²) >= 11 is 0. The molecule has 25 heavy (non-hydrogen) atoms. The summed E-state index contributed by atoms with van der Waals surface area (Å²) in [5, 5.41) is 5.24. The number of rotatable bonds is 4. The van der Waals surface area contributed by atoms with Gasteiger partial charge in [-0.05, 0) is 37.6 Å². The molecule has 0 radical (unpaired) electrons. The second-order valence-electron chi connectivity index (χ2n) is 5.87. The number of amides is 1. The molecule has 0 saturated carbocycles. The molecule has 10 heteroatoms. The monoisotopic (exact) mass is 384 g/mol. The van der Waals surface area contributed by atoms with E-state index >= 15 is 0 Å². The van der Waals surface area contributed by atoms with Gasteiger partial charge in [0.25, 0.3) is 5.91 Å². The second-order valence-corrected chi connectivity index (χ2v) is 10.3. The summed E-state index contributed by atoms with van der Waals surface area (Å²) in [6.45, 7) is 1.69. The number of nitrogens with one attached hydrogen (secondary N) is 1. The van der Waals surface area contributed by atoms with Crippen molar-refractivity contribution in [2.24, 2.45) is 0 Å². The molecule has 1 aliphatic heterocycles. The first kappa shape index (κ1) is 17.6. The van der Waals surface area contributed by atoms with Crippen LogP contribution in [0.3, 0.4) is 0 Å². The maximum absolute atomic E-state index is 12.5. The quantitative estimate of drug-likeness (QED) is 0.840. The summed E-state index contributed by atoms with van der Waals surface area (Å²) in [5.41, 5.74) is 0.249. The third-order valence-corrected chi connectivity index (χ3v) is 8.13. The number of anilines is 1. The van der Waals surface area contributed by atoms with E-state index in [1.165, 1.54) is 24.3 Å². The Bertz CT molecular complexity index is 1010. The third kappa shape index (κ3) is 3.74. The normalized spacial score (nSPS) is 19.6. The summed E-state index contributed by atoms with van der Waals surface area (Å²) < 4.78 is 52.9. The fourth-order valence-electron chi connectivity index (χ4n) is 2.61. The first-order chi connectivity index (χ1) is 11.7. The number of nitrogens with zero attached hydrogens (tertiary/aromatic N) is 1. The van der Waals surface area contributed by atoms with Crippen LogP contribution in [-0.2, 0) is 19.7 Å². The Labute approximate surface area is 145 Å². The van der Waals surface area contributed by atoms with E-state index in [1.54, 1.807) is 13.0 Å². The Morgan fingerprint density at radius 2 is 1.96 bits per heavy atom. The van der Waals surface area contributed by atoms with Crippen LogP contribution in [0.15, 0.2) is 39.8 Å². The molecule has 134 valence electrons. The van der Waals surface area contributed by atoms with E-state index in [0.29, 0.717) is 5.76 Å². The Kier molecular flexibility index (Phi) is 4.41. The average molecular weight is 384 g/mol. The van der Waals surface area contributed by atoms with Crippen molar-refractivity contribution in [3.05, 3.63) is 41.7 Å². The zero-order valence-electron chi connectivity index (χ0n) is 13.3. The summed E-state index contributed by atoms with van der Waals surface area (Å²) in [5.74, 6) is -0.128. The van der Waals surface area contributed by atoms with E-state index in [0.717, 1.165) is 0 Å². The van der Waals surface area contributed by atoms with Gasteiger partial charge in [0, 0.05) is 11.6 Å². The van der Waals surface area contributed by atoms with Gasteiger partial charge in [-0.3, -0.25) is 4.79 Å². The number of hydrogen-bond acceptors (Lipinski definition) is 7. The smallest absolute Gasteiger partial charge is 0.256 e. The minimum absolute atomic E-state index is 0.00318. The van der Waals surface area contributed by atoms with E-state index in [9.17, 15) is 21.6 Å². The lowest BCUT2D eigenvalue weighted by atomic mass is 10.2. The van der Waals surface area contributed by atoms with Crippen molar-refractivity contribution in [1.82, 2.24) is 5.16 Å². The molecule has 1 atom stereocenters. The lowest BCUT2D eigenvalue weighted by Crippen LogP contribution is -2.22. The summed E-state index contributed by atoms with van der Waals surface area (Å²) in [6.07, 6.45) is 0.0956. The molecule has 1 unspecified atom stereocenters. The average Bonchev–Trinajstić information content (AvgIpc) is 3.13. The number of aryl methyl sites for hydroxylation is 1. The van der Waals surface area contributed by atoms with Gasteiger partial charge in [0.05, 0.1) is 21.7 Å². The minimum Gasteiger partial charge on any atom is -0.360 e. The van der Waals surface area contributed by atoms with Crippen LogP contribution in [0.2, 0.25) is 0 Å². The number of benzene rings is 1. The highest BCUT2D eigenvalue weighted by molar-refractivity contribution is 7.96. The molecule has 8 nitrogen and oxygen atoms in total. The predicted octanol–water partition coefficient (Wildman–Crippen LogP) is 1.20. The van der Waals surface area contributed by atoms with Crippen molar-refractivity contribution in [2.75, 3.05) is 16.8 Å². The van der Waals surface area contributed by atoms with Gasteiger partial charge in [0.1, 0.15) is 5.76 Å². The van der Waals surface area contributed by atoms with Crippen LogP contribution in [0, 0.1) is 6.92 Å². The molecule has 0 bridgehead atoms.